The molecular formula is C17H18N4O. The Bertz CT molecular complexity index is 657. The van der Waals surface area contributed by atoms with Crippen molar-refractivity contribution in [2.45, 2.75) is 26.2 Å². The van der Waals surface area contributed by atoms with Gasteiger partial charge in [-0.15, -0.1) is 0 Å². The zero-order valence-electron chi connectivity index (χ0n) is 12.6. The average Bonchev–Trinajstić information content (AvgIpc) is 2.56. The number of ketones is 1. The molecule has 1 aliphatic rings. The summed E-state index contributed by atoms with van der Waals surface area (Å²) in [5, 5.41) is 20.6. The molecule has 1 heterocycles. The van der Waals surface area contributed by atoms with Crippen LogP contribution in [0.3, 0.4) is 0 Å². The number of rotatable bonds is 4. The maximum atomic E-state index is 11.6. The van der Waals surface area contributed by atoms with Gasteiger partial charge in [0.1, 0.15) is 17.7 Å². The van der Waals surface area contributed by atoms with E-state index in [2.05, 4.69) is 10.2 Å². The van der Waals surface area contributed by atoms with E-state index in [0.717, 1.165) is 37.3 Å². The molecule has 0 spiro atoms. The number of nitrogens with zero attached hydrogens (tertiary/aromatic N) is 3. The Hall–Kier alpha value is -2.79. The highest BCUT2D eigenvalue weighted by atomic mass is 16.1. The number of hydrogen-bond acceptors (Lipinski definition) is 5. The normalized spacial score (nSPS) is 13.7. The monoisotopic (exact) mass is 294 g/mol. The molecule has 0 bridgehead atoms. The van der Waals surface area contributed by atoms with Crippen LogP contribution in [-0.2, 0) is 0 Å². The summed E-state index contributed by atoms with van der Waals surface area (Å²) in [6.07, 6.45) is 4.90. The molecule has 1 aromatic rings. The van der Waals surface area contributed by atoms with Gasteiger partial charge in [-0.25, -0.2) is 0 Å². The predicted octanol–water partition coefficient (Wildman–Crippen LogP) is 3.22. The van der Waals surface area contributed by atoms with Gasteiger partial charge in [0.15, 0.2) is 5.78 Å². The van der Waals surface area contributed by atoms with Crippen LogP contribution in [0, 0.1) is 22.7 Å². The molecule has 22 heavy (non-hydrogen) atoms. The van der Waals surface area contributed by atoms with Gasteiger partial charge in [0.25, 0.3) is 0 Å². The molecule has 5 heteroatoms. The number of nitriles is 2. The molecule has 0 radical (unpaired) electrons. The van der Waals surface area contributed by atoms with Crippen LogP contribution in [0.2, 0.25) is 0 Å². The van der Waals surface area contributed by atoms with Crippen LogP contribution in [-0.4, -0.2) is 18.9 Å². The van der Waals surface area contributed by atoms with E-state index in [1.54, 1.807) is 6.07 Å². The molecule has 2 rings (SSSR count). The second-order valence-corrected chi connectivity index (χ2v) is 5.26. The van der Waals surface area contributed by atoms with Crippen molar-refractivity contribution in [3.63, 3.8) is 0 Å². The van der Waals surface area contributed by atoms with Crippen LogP contribution < -0.4 is 10.2 Å². The zero-order valence-corrected chi connectivity index (χ0v) is 12.6. The highest BCUT2D eigenvalue weighted by molar-refractivity contribution is 5.96. The van der Waals surface area contributed by atoms with Crippen molar-refractivity contribution in [3.8, 4) is 12.1 Å². The molecule has 0 unspecified atom stereocenters. The third-order valence-electron chi connectivity index (χ3n) is 3.71. The molecule has 1 aliphatic heterocycles. The van der Waals surface area contributed by atoms with Crippen LogP contribution >= 0.6 is 0 Å². The Morgan fingerprint density at radius 3 is 2.50 bits per heavy atom. The second-order valence-electron chi connectivity index (χ2n) is 5.26. The van der Waals surface area contributed by atoms with Gasteiger partial charge in [-0.2, -0.15) is 10.5 Å². The van der Waals surface area contributed by atoms with Crippen LogP contribution in [0.1, 0.15) is 36.5 Å². The van der Waals surface area contributed by atoms with Crippen molar-refractivity contribution in [3.05, 3.63) is 35.5 Å². The summed E-state index contributed by atoms with van der Waals surface area (Å²) < 4.78 is 0. The van der Waals surface area contributed by atoms with Crippen molar-refractivity contribution in [2.75, 3.05) is 23.3 Å². The number of Topliss-reactive ketones (excluding diaryl/α,β-unsaturated/α-hetero) is 1. The molecule has 1 saturated heterocycles. The molecule has 0 atom stereocenters. The number of piperidine rings is 1. The number of allylic oxidation sites excluding steroid dienone is 1. The summed E-state index contributed by atoms with van der Waals surface area (Å²) >= 11 is 0. The van der Waals surface area contributed by atoms with E-state index in [4.69, 9.17) is 10.5 Å². The van der Waals surface area contributed by atoms with Gasteiger partial charge in [0, 0.05) is 24.9 Å². The summed E-state index contributed by atoms with van der Waals surface area (Å²) in [5.41, 5.74) is 2.35. The van der Waals surface area contributed by atoms with Crippen molar-refractivity contribution in [1.29, 1.82) is 10.5 Å². The fourth-order valence-electron chi connectivity index (χ4n) is 2.52. The number of carbonyl (C=O) groups is 1. The molecule has 1 fully saturated rings. The fourth-order valence-corrected chi connectivity index (χ4v) is 2.52. The summed E-state index contributed by atoms with van der Waals surface area (Å²) in [5.74, 6) is -0.0157. The lowest BCUT2D eigenvalue weighted by molar-refractivity contribution is 0.101. The first-order valence-electron chi connectivity index (χ1n) is 7.32. The van der Waals surface area contributed by atoms with E-state index >= 15 is 0 Å². The summed E-state index contributed by atoms with van der Waals surface area (Å²) in [7, 11) is 0. The topological polar surface area (TPSA) is 79.9 Å². The fraction of sp³-hybridized carbons (Fsp3) is 0.353. The maximum absolute atomic E-state index is 11.6. The zero-order chi connectivity index (χ0) is 15.9. The maximum Gasteiger partial charge on any atom is 0.159 e. The quantitative estimate of drug-likeness (QED) is 0.681. The third kappa shape index (κ3) is 3.65. The number of hydrogen-bond donors (Lipinski definition) is 1. The molecular weight excluding hydrogens is 276 g/mol. The van der Waals surface area contributed by atoms with Gasteiger partial charge in [0.05, 0.1) is 11.4 Å². The van der Waals surface area contributed by atoms with Gasteiger partial charge in [-0.05, 0) is 44.4 Å². The van der Waals surface area contributed by atoms with Crippen LogP contribution in [0.15, 0.2) is 30.0 Å². The van der Waals surface area contributed by atoms with Crippen LogP contribution in [0.4, 0.5) is 11.4 Å². The van der Waals surface area contributed by atoms with Gasteiger partial charge in [-0.3, -0.25) is 4.79 Å². The molecule has 0 aromatic heterocycles. The largest absolute Gasteiger partial charge is 0.370 e. The van der Waals surface area contributed by atoms with E-state index in [-0.39, 0.29) is 11.4 Å². The van der Waals surface area contributed by atoms with E-state index in [1.165, 1.54) is 19.5 Å². The minimum absolute atomic E-state index is 0.00202. The first kappa shape index (κ1) is 15.6. The van der Waals surface area contributed by atoms with Gasteiger partial charge < -0.3 is 10.2 Å². The predicted molar refractivity (Wildman–Crippen MR) is 85.4 cm³/mol. The summed E-state index contributed by atoms with van der Waals surface area (Å²) in [6.45, 7) is 3.47. The highest BCUT2D eigenvalue weighted by Gasteiger charge is 2.15. The number of nitrogens with one attached hydrogen (secondary N) is 1. The van der Waals surface area contributed by atoms with E-state index in [0.29, 0.717) is 5.56 Å². The van der Waals surface area contributed by atoms with Crippen LogP contribution in [0.5, 0.6) is 0 Å². The lowest BCUT2D eigenvalue weighted by Crippen LogP contribution is -2.30. The Morgan fingerprint density at radius 2 is 1.91 bits per heavy atom. The Morgan fingerprint density at radius 1 is 1.23 bits per heavy atom. The Balaban J connectivity index is 2.36. The molecule has 0 amide bonds. The van der Waals surface area contributed by atoms with Gasteiger partial charge in [0.2, 0.25) is 0 Å². The number of carbonyl (C=O) groups excluding carboxylic acids is 1. The molecule has 0 saturated carbocycles. The first-order chi connectivity index (χ1) is 10.7. The van der Waals surface area contributed by atoms with Gasteiger partial charge >= 0.3 is 0 Å². The standard InChI is InChI=1S/C17H18N4O/c1-13(22)15-5-6-17(21-7-3-2-4-8-21)16(9-15)20-12-14(10-18)11-19/h5-6,9,12,20H,2-4,7-8H2,1H3. The smallest absolute Gasteiger partial charge is 0.159 e. The van der Waals surface area contributed by atoms with E-state index in [1.807, 2.05) is 24.3 Å². The highest BCUT2D eigenvalue weighted by Crippen LogP contribution is 2.30. The molecule has 5 nitrogen and oxygen atoms in total. The van der Waals surface area contributed by atoms with Crippen molar-refractivity contribution >= 4 is 17.2 Å². The molecule has 1 aromatic carbocycles. The minimum Gasteiger partial charge on any atom is -0.370 e. The molecule has 112 valence electrons. The second kappa shape index (κ2) is 7.28. The van der Waals surface area contributed by atoms with Crippen molar-refractivity contribution in [2.24, 2.45) is 0 Å². The summed E-state index contributed by atoms with van der Waals surface area (Å²) in [4.78, 5) is 13.8. The molecule has 0 aliphatic carbocycles. The first-order valence-corrected chi connectivity index (χ1v) is 7.32. The lowest BCUT2D eigenvalue weighted by Gasteiger charge is -2.30. The number of benzene rings is 1. The lowest BCUT2D eigenvalue weighted by atomic mass is 10.1. The Kier molecular flexibility index (Phi) is 5.16. The van der Waals surface area contributed by atoms with E-state index < -0.39 is 0 Å². The van der Waals surface area contributed by atoms with Crippen molar-refractivity contribution in [1.82, 2.24) is 0 Å². The minimum atomic E-state index is -0.0157. The third-order valence-corrected chi connectivity index (χ3v) is 3.71. The Labute approximate surface area is 130 Å². The summed E-state index contributed by atoms with van der Waals surface area (Å²) in [6, 6.07) is 9.15. The van der Waals surface area contributed by atoms with E-state index in [9.17, 15) is 4.79 Å². The average molecular weight is 294 g/mol. The SMILES string of the molecule is CC(=O)c1ccc(N2CCCCC2)c(NC=C(C#N)C#N)c1. The molecule has 1 N–H and O–H groups in total. The number of anilines is 2. The van der Waals surface area contributed by atoms with Crippen LogP contribution in [0.25, 0.3) is 0 Å². The van der Waals surface area contributed by atoms with Gasteiger partial charge in [-0.1, -0.05) is 0 Å². The van der Waals surface area contributed by atoms with Crippen molar-refractivity contribution < 1.29 is 4.79 Å².